The van der Waals surface area contributed by atoms with Crippen molar-refractivity contribution in [1.29, 1.82) is 0 Å². The fourth-order valence-electron chi connectivity index (χ4n) is 5.02. The van der Waals surface area contributed by atoms with Crippen molar-refractivity contribution < 1.29 is 0 Å². The summed E-state index contributed by atoms with van der Waals surface area (Å²) in [5, 5.41) is 0. The largest absolute Gasteiger partial charge is 0.310 e. The molecular weight excluding hydrogens is 502 g/mol. The summed E-state index contributed by atoms with van der Waals surface area (Å²) in [5.74, 6) is 0. The molecule has 0 atom stereocenters. The highest BCUT2D eigenvalue weighted by molar-refractivity contribution is 8.03. The number of fused-ring (bicyclic) bond motifs is 1. The smallest absolute Gasteiger partial charge is 0.0465 e. The number of thioether (sulfide) groups is 1. The minimum atomic E-state index is 0.894. The van der Waals surface area contributed by atoms with Crippen LogP contribution in [-0.4, -0.2) is 0 Å². The maximum absolute atomic E-state index is 2.36. The second kappa shape index (κ2) is 12.1. The zero-order valence-electron chi connectivity index (χ0n) is 22.6. The molecule has 40 heavy (non-hydrogen) atoms. The van der Waals surface area contributed by atoms with Gasteiger partial charge in [-0.1, -0.05) is 121 Å². The van der Waals surface area contributed by atoms with E-state index in [0.29, 0.717) is 0 Å². The van der Waals surface area contributed by atoms with E-state index in [1.165, 1.54) is 37.6 Å². The minimum absolute atomic E-state index is 0.894. The molecule has 0 saturated heterocycles. The van der Waals surface area contributed by atoms with E-state index in [1.807, 2.05) is 11.8 Å². The lowest BCUT2D eigenvalue weighted by Gasteiger charge is -2.27. The molecule has 5 aromatic rings. The van der Waals surface area contributed by atoms with Crippen LogP contribution in [0.15, 0.2) is 168 Å². The normalized spacial score (nSPS) is 15.4. The molecule has 0 amide bonds. The van der Waals surface area contributed by atoms with Crippen LogP contribution in [0.25, 0.3) is 22.3 Å². The standard InChI is InChI=1S/C38H31NS/c1-2-37-17-11-5-10-16-33-28-36(26-27-38(33)40-37)39(34-22-18-31(19-23-34)29-12-6-3-7-13-29)35-24-20-32(21-25-35)30-14-8-4-9-15-30/h2-15,17-28H,16H2,1H3/b10-5-,17-11-,37-2-. The van der Waals surface area contributed by atoms with Gasteiger partial charge in [-0.25, -0.2) is 0 Å². The van der Waals surface area contributed by atoms with E-state index in [1.54, 1.807) is 0 Å². The zero-order chi connectivity index (χ0) is 27.1. The van der Waals surface area contributed by atoms with Gasteiger partial charge < -0.3 is 4.90 Å². The van der Waals surface area contributed by atoms with Crippen molar-refractivity contribution in [2.45, 2.75) is 18.2 Å². The first kappa shape index (κ1) is 25.7. The van der Waals surface area contributed by atoms with Crippen molar-refractivity contribution in [3.63, 3.8) is 0 Å². The van der Waals surface area contributed by atoms with Gasteiger partial charge >= 0.3 is 0 Å². The van der Waals surface area contributed by atoms with E-state index in [-0.39, 0.29) is 0 Å². The molecular formula is C38H31NS. The van der Waals surface area contributed by atoms with Gasteiger partial charge in [-0.05, 0) is 89.7 Å². The molecule has 0 aromatic heterocycles. The van der Waals surface area contributed by atoms with Gasteiger partial charge in [-0.2, -0.15) is 0 Å². The van der Waals surface area contributed by atoms with Crippen molar-refractivity contribution in [2.75, 3.05) is 4.90 Å². The van der Waals surface area contributed by atoms with Crippen molar-refractivity contribution in [1.82, 2.24) is 0 Å². The molecule has 0 bridgehead atoms. The van der Waals surface area contributed by atoms with Gasteiger partial charge in [0.15, 0.2) is 0 Å². The Bertz CT molecular complexity index is 1580. The molecule has 194 valence electrons. The van der Waals surface area contributed by atoms with Crippen LogP contribution in [-0.2, 0) is 6.42 Å². The zero-order valence-corrected chi connectivity index (χ0v) is 23.4. The van der Waals surface area contributed by atoms with Gasteiger partial charge in [0.25, 0.3) is 0 Å². The van der Waals surface area contributed by atoms with Crippen LogP contribution in [0.2, 0.25) is 0 Å². The van der Waals surface area contributed by atoms with E-state index >= 15 is 0 Å². The molecule has 1 aliphatic heterocycles. The Morgan fingerprint density at radius 1 is 0.575 bits per heavy atom. The average Bonchev–Trinajstić information content (AvgIpc) is 3.13. The second-order valence-corrected chi connectivity index (χ2v) is 10.9. The van der Waals surface area contributed by atoms with Crippen molar-refractivity contribution in [2.24, 2.45) is 0 Å². The van der Waals surface area contributed by atoms with E-state index in [0.717, 1.165) is 23.5 Å². The van der Waals surface area contributed by atoms with Crippen molar-refractivity contribution in [3.05, 3.63) is 168 Å². The lowest BCUT2D eigenvalue weighted by molar-refractivity contribution is 1.16. The van der Waals surface area contributed by atoms with E-state index in [2.05, 4.69) is 170 Å². The summed E-state index contributed by atoms with van der Waals surface area (Å²) in [4.78, 5) is 4.91. The summed E-state index contributed by atoms with van der Waals surface area (Å²) < 4.78 is 0. The van der Waals surface area contributed by atoms with Crippen molar-refractivity contribution in [3.8, 4) is 22.3 Å². The highest BCUT2D eigenvalue weighted by Crippen LogP contribution is 2.40. The molecule has 2 heteroatoms. The highest BCUT2D eigenvalue weighted by atomic mass is 32.2. The van der Waals surface area contributed by atoms with E-state index < -0.39 is 0 Å². The van der Waals surface area contributed by atoms with Gasteiger partial charge in [0.05, 0.1) is 0 Å². The predicted molar refractivity (Wildman–Crippen MR) is 174 cm³/mol. The third-order valence-corrected chi connectivity index (χ3v) is 8.35. The molecule has 1 nitrogen and oxygen atoms in total. The third-order valence-electron chi connectivity index (χ3n) is 7.13. The molecule has 0 fully saturated rings. The molecule has 0 radical (unpaired) electrons. The third kappa shape index (κ3) is 5.73. The topological polar surface area (TPSA) is 3.24 Å². The molecule has 0 saturated carbocycles. The minimum Gasteiger partial charge on any atom is -0.310 e. The number of allylic oxidation sites excluding steroid dienone is 5. The number of benzene rings is 5. The lowest BCUT2D eigenvalue weighted by Crippen LogP contribution is -2.10. The molecule has 1 aliphatic rings. The van der Waals surface area contributed by atoms with Gasteiger partial charge in [0.1, 0.15) is 0 Å². The summed E-state index contributed by atoms with van der Waals surface area (Å²) in [7, 11) is 0. The molecule has 0 N–H and O–H groups in total. The number of hydrogen-bond donors (Lipinski definition) is 0. The summed E-state index contributed by atoms with van der Waals surface area (Å²) >= 11 is 1.83. The molecule has 6 rings (SSSR count). The summed E-state index contributed by atoms with van der Waals surface area (Å²) in [6.07, 6.45) is 11.8. The fraction of sp³-hybridized carbons (Fsp3) is 0.0526. The first-order valence-electron chi connectivity index (χ1n) is 13.7. The molecule has 1 heterocycles. The summed E-state index contributed by atoms with van der Waals surface area (Å²) in [5.41, 5.74) is 9.63. The molecule has 0 aliphatic carbocycles. The molecule has 0 unspecified atom stereocenters. The van der Waals surface area contributed by atoms with Crippen LogP contribution < -0.4 is 4.90 Å². The maximum Gasteiger partial charge on any atom is 0.0465 e. The van der Waals surface area contributed by atoms with Gasteiger partial charge in [-0.15, -0.1) is 0 Å². The summed E-state index contributed by atoms with van der Waals surface area (Å²) in [6.45, 7) is 2.10. The maximum atomic E-state index is 2.36. The molecule has 5 aromatic carbocycles. The van der Waals surface area contributed by atoms with Crippen LogP contribution in [0.5, 0.6) is 0 Å². The first-order chi connectivity index (χ1) is 19.8. The Morgan fingerprint density at radius 2 is 1.10 bits per heavy atom. The predicted octanol–water partition coefficient (Wildman–Crippen LogP) is 11.2. The molecule has 0 spiro atoms. The fourth-order valence-corrected chi connectivity index (χ4v) is 5.95. The van der Waals surface area contributed by atoms with Crippen molar-refractivity contribution >= 4 is 28.8 Å². The van der Waals surface area contributed by atoms with Crippen LogP contribution in [0.1, 0.15) is 12.5 Å². The lowest BCUT2D eigenvalue weighted by atomic mass is 10.0. The van der Waals surface area contributed by atoms with E-state index in [9.17, 15) is 0 Å². The number of hydrogen-bond acceptors (Lipinski definition) is 2. The van der Waals surface area contributed by atoms with Crippen LogP contribution in [0.3, 0.4) is 0 Å². The average molecular weight is 534 g/mol. The van der Waals surface area contributed by atoms with Crippen LogP contribution in [0.4, 0.5) is 17.1 Å². The van der Waals surface area contributed by atoms with E-state index in [4.69, 9.17) is 0 Å². The summed E-state index contributed by atoms with van der Waals surface area (Å²) in [6, 6.07) is 45.8. The Kier molecular flexibility index (Phi) is 7.79. The number of anilines is 3. The number of nitrogens with zero attached hydrogens (tertiary/aromatic N) is 1. The monoisotopic (exact) mass is 533 g/mol. The Labute approximate surface area is 241 Å². The van der Waals surface area contributed by atoms with Crippen LogP contribution in [0, 0.1) is 0 Å². The quantitative estimate of drug-likeness (QED) is 0.221. The van der Waals surface area contributed by atoms with Gasteiger partial charge in [0, 0.05) is 26.9 Å². The van der Waals surface area contributed by atoms with Gasteiger partial charge in [-0.3, -0.25) is 0 Å². The van der Waals surface area contributed by atoms with Crippen LogP contribution >= 0.6 is 11.8 Å². The Hall–Kier alpha value is -4.53. The Balaban J connectivity index is 1.42. The van der Waals surface area contributed by atoms with Gasteiger partial charge in [0.2, 0.25) is 0 Å². The Morgan fingerprint density at radius 3 is 1.65 bits per heavy atom. The highest BCUT2D eigenvalue weighted by Gasteiger charge is 2.16. The first-order valence-corrected chi connectivity index (χ1v) is 14.5. The second-order valence-electron chi connectivity index (χ2n) is 9.74. The SMILES string of the molecule is C/C=C1/C=C\C=C/Cc2cc(N(c3ccc(-c4ccccc4)cc3)c3ccc(-c4ccccc4)cc3)ccc2S1. The number of rotatable bonds is 5.